The zero-order chi connectivity index (χ0) is 20.9. The van der Waals surface area contributed by atoms with E-state index in [-0.39, 0.29) is 12.5 Å². The lowest BCUT2D eigenvalue weighted by atomic mass is 9.98. The number of unbranched alkanes of at least 4 members (excludes halogenated alkanes) is 4. The summed E-state index contributed by atoms with van der Waals surface area (Å²) in [4.78, 5) is 11.8. The van der Waals surface area contributed by atoms with E-state index in [1.165, 1.54) is 18.9 Å². The molecule has 1 atom stereocenters. The molecule has 0 spiro atoms. The number of amides is 1. The van der Waals surface area contributed by atoms with Crippen molar-refractivity contribution in [3.05, 3.63) is 72.9 Å². The number of carbonyl (C=O) groups is 1. The highest BCUT2D eigenvalue weighted by molar-refractivity contribution is 5.87. The Morgan fingerprint density at radius 2 is 1.50 bits per heavy atom. The molecule has 0 rings (SSSR count). The molecule has 1 amide bonds. The number of hydrogen-bond donors (Lipinski definition) is 2. The second-order valence-electron chi connectivity index (χ2n) is 7.11. The van der Waals surface area contributed by atoms with Crippen LogP contribution in [0.25, 0.3) is 0 Å². The molecule has 1 unspecified atom stereocenters. The van der Waals surface area contributed by atoms with Crippen LogP contribution in [0, 0.1) is 0 Å². The number of aliphatic hydroxyl groups is 1. The quantitative estimate of drug-likeness (QED) is 0.207. The smallest absolute Gasteiger partial charge is 0.244 e. The van der Waals surface area contributed by atoms with Crippen molar-refractivity contribution >= 4 is 5.91 Å². The molecule has 3 heteroatoms. The van der Waals surface area contributed by atoms with Gasteiger partial charge in [0.25, 0.3) is 0 Å². The first-order valence-electron chi connectivity index (χ1n) is 10.5. The fraction of sp³-hybridized carbons (Fsp3) is 0.480. The van der Waals surface area contributed by atoms with Crippen molar-refractivity contribution in [3.8, 4) is 0 Å². The molecule has 0 fully saturated rings. The average Bonchev–Trinajstić information content (AvgIpc) is 2.67. The van der Waals surface area contributed by atoms with Gasteiger partial charge in [0.15, 0.2) is 0 Å². The maximum atomic E-state index is 11.8. The van der Waals surface area contributed by atoms with Crippen molar-refractivity contribution < 1.29 is 9.90 Å². The van der Waals surface area contributed by atoms with Crippen LogP contribution in [0.1, 0.15) is 65.7 Å². The van der Waals surface area contributed by atoms with Crippen LogP contribution in [0.15, 0.2) is 72.9 Å². The summed E-state index contributed by atoms with van der Waals surface area (Å²) in [6.45, 7) is 6.22. The Hall–Kier alpha value is -2.13. The van der Waals surface area contributed by atoms with E-state index in [9.17, 15) is 9.90 Å². The predicted octanol–water partition coefficient (Wildman–Crippen LogP) is 5.96. The summed E-state index contributed by atoms with van der Waals surface area (Å²) in [6, 6.07) is 0. The van der Waals surface area contributed by atoms with E-state index in [4.69, 9.17) is 0 Å². The molecule has 0 bridgehead atoms. The lowest BCUT2D eigenvalue weighted by Crippen LogP contribution is -2.40. The van der Waals surface area contributed by atoms with Gasteiger partial charge in [-0.15, -0.1) is 0 Å². The second-order valence-corrected chi connectivity index (χ2v) is 7.11. The minimum absolute atomic E-state index is 0.172. The maximum absolute atomic E-state index is 11.8. The van der Waals surface area contributed by atoms with Crippen LogP contribution in [-0.2, 0) is 4.79 Å². The summed E-state index contributed by atoms with van der Waals surface area (Å²) in [5.41, 5.74) is -0.837. The van der Waals surface area contributed by atoms with Gasteiger partial charge >= 0.3 is 0 Å². The van der Waals surface area contributed by atoms with E-state index in [0.29, 0.717) is 6.42 Å². The second kappa shape index (κ2) is 18.2. The van der Waals surface area contributed by atoms with E-state index in [1.54, 1.807) is 13.0 Å². The normalized spacial score (nSPS) is 15.1. The van der Waals surface area contributed by atoms with Crippen molar-refractivity contribution in [3.63, 3.8) is 0 Å². The molecule has 0 aliphatic carbocycles. The van der Waals surface area contributed by atoms with Gasteiger partial charge in [0.2, 0.25) is 5.91 Å². The molecule has 0 aliphatic heterocycles. The Balaban J connectivity index is 3.88. The Labute approximate surface area is 172 Å². The zero-order valence-electron chi connectivity index (χ0n) is 17.9. The number of nitrogens with one attached hydrogen (secondary N) is 1. The van der Waals surface area contributed by atoms with E-state index < -0.39 is 5.60 Å². The van der Waals surface area contributed by atoms with Gasteiger partial charge < -0.3 is 10.4 Å². The molecule has 156 valence electrons. The molecular weight excluding hydrogens is 346 g/mol. The number of rotatable bonds is 15. The summed E-state index contributed by atoms with van der Waals surface area (Å²) in [5, 5.41) is 13.0. The highest BCUT2D eigenvalue weighted by Gasteiger charge is 2.19. The van der Waals surface area contributed by atoms with Gasteiger partial charge in [-0.05, 0) is 33.1 Å². The highest BCUT2D eigenvalue weighted by atomic mass is 16.3. The van der Waals surface area contributed by atoms with Crippen LogP contribution in [0.2, 0.25) is 0 Å². The molecule has 0 saturated heterocycles. The van der Waals surface area contributed by atoms with E-state index in [1.807, 2.05) is 61.6 Å². The van der Waals surface area contributed by atoms with E-state index in [2.05, 4.69) is 18.3 Å². The van der Waals surface area contributed by atoms with Crippen LogP contribution in [-0.4, -0.2) is 23.2 Å². The van der Waals surface area contributed by atoms with Gasteiger partial charge in [0.05, 0.1) is 5.60 Å². The molecule has 3 nitrogen and oxygen atoms in total. The molecule has 0 saturated carbocycles. The van der Waals surface area contributed by atoms with Crippen LogP contribution in [0.3, 0.4) is 0 Å². The lowest BCUT2D eigenvalue weighted by Gasteiger charge is -2.23. The summed E-state index contributed by atoms with van der Waals surface area (Å²) >= 11 is 0. The fourth-order valence-electron chi connectivity index (χ4n) is 2.41. The van der Waals surface area contributed by atoms with Crippen LogP contribution >= 0.6 is 0 Å². The average molecular weight is 386 g/mol. The molecule has 0 heterocycles. The van der Waals surface area contributed by atoms with E-state index >= 15 is 0 Å². The Morgan fingerprint density at radius 1 is 0.893 bits per heavy atom. The molecular formula is C25H39NO2. The highest BCUT2D eigenvalue weighted by Crippen LogP contribution is 2.14. The number of hydrogen-bond acceptors (Lipinski definition) is 2. The Bertz CT molecular complexity index is 563. The fourth-order valence-corrected chi connectivity index (χ4v) is 2.41. The zero-order valence-corrected chi connectivity index (χ0v) is 17.9. The van der Waals surface area contributed by atoms with Gasteiger partial charge in [-0.1, -0.05) is 99.4 Å². The summed E-state index contributed by atoms with van der Waals surface area (Å²) in [7, 11) is 0. The molecule has 2 N–H and O–H groups in total. The largest absolute Gasteiger partial charge is 0.388 e. The molecule has 0 radical (unpaired) electrons. The van der Waals surface area contributed by atoms with Crippen LogP contribution in [0.4, 0.5) is 0 Å². The van der Waals surface area contributed by atoms with Crippen molar-refractivity contribution in [2.45, 2.75) is 71.3 Å². The molecule has 0 aromatic heterocycles. The van der Waals surface area contributed by atoms with Crippen LogP contribution < -0.4 is 5.32 Å². The maximum Gasteiger partial charge on any atom is 0.244 e. The monoisotopic (exact) mass is 385 g/mol. The molecule has 0 aromatic rings. The van der Waals surface area contributed by atoms with Crippen molar-refractivity contribution in [1.29, 1.82) is 0 Å². The van der Waals surface area contributed by atoms with Gasteiger partial charge in [0, 0.05) is 12.6 Å². The molecule has 0 aromatic carbocycles. The minimum Gasteiger partial charge on any atom is -0.388 e. The first-order valence-corrected chi connectivity index (χ1v) is 10.5. The number of carbonyl (C=O) groups excluding carboxylic acids is 1. The lowest BCUT2D eigenvalue weighted by molar-refractivity contribution is -0.117. The molecule has 28 heavy (non-hydrogen) atoms. The van der Waals surface area contributed by atoms with Gasteiger partial charge in [-0.25, -0.2) is 0 Å². The Morgan fingerprint density at radius 3 is 2.14 bits per heavy atom. The molecule has 0 aliphatic rings. The van der Waals surface area contributed by atoms with Crippen molar-refractivity contribution in [2.75, 3.05) is 6.54 Å². The third-order valence-electron chi connectivity index (χ3n) is 4.09. The van der Waals surface area contributed by atoms with Crippen molar-refractivity contribution in [1.82, 2.24) is 5.32 Å². The van der Waals surface area contributed by atoms with Gasteiger partial charge in [0.1, 0.15) is 0 Å². The van der Waals surface area contributed by atoms with Crippen molar-refractivity contribution in [2.24, 2.45) is 0 Å². The minimum atomic E-state index is -0.837. The third-order valence-corrected chi connectivity index (χ3v) is 4.09. The van der Waals surface area contributed by atoms with Gasteiger partial charge in [-0.3, -0.25) is 4.79 Å². The Kier molecular flexibility index (Phi) is 16.9. The standard InChI is InChI=1S/C25H39NO2/c1-4-6-8-10-11-12-13-14-15-16-17-18-19-21-24(27)26-23-25(3,28)22-20-9-7-5-2/h4,6,8,10-14,17-19,21,28H,5,7,9,15-16,20,22-23H2,1-3H3,(H,26,27). The third kappa shape index (κ3) is 18.7. The first-order chi connectivity index (χ1) is 13.5. The van der Waals surface area contributed by atoms with Gasteiger partial charge in [-0.2, -0.15) is 0 Å². The predicted molar refractivity (Wildman–Crippen MR) is 122 cm³/mol. The van der Waals surface area contributed by atoms with E-state index in [0.717, 1.165) is 25.7 Å². The number of allylic oxidation sites excluding steroid dienone is 11. The first kappa shape index (κ1) is 25.9. The summed E-state index contributed by atoms with van der Waals surface area (Å²) < 4.78 is 0. The topological polar surface area (TPSA) is 49.3 Å². The summed E-state index contributed by atoms with van der Waals surface area (Å²) in [6.07, 6.45) is 30.4. The summed E-state index contributed by atoms with van der Waals surface area (Å²) in [5.74, 6) is -0.172. The van der Waals surface area contributed by atoms with Crippen LogP contribution in [0.5, 0.6) is 0 Å². The SMILES string of the molecule is CC=CC=CC=CC=CCCC=CC=CC(=O)NCC(C)(O)CCCCCC.